The Balaban J connectivity index is 3.58. The molecular formula is C8H19NO3S+. The summed E-state index contributed by atoms with van der Waals surface area (Å²) in [5.74, 6) is -0.135. The lowest BCUT2D eigenvalue weighted by molar-refractivity contribution is -0.885. The predicted octanol–water partition coefficient (Wildman–Crippen LogP) is 0.565. The van der Waals surface area contributed by atoms with Crippen LogP contribution in [0.2, 0.25) is 0 Å². The fourth-order valence-electron chi connectivity index (χ4n) is 0.936. The van der Waals surface area contributed by atoms with Gasteiger partial charge in [0.05, 0.1) is 32.9 Å². The van der Waals surface area contributed by atoms with Gasteiger partial charge in [-0.15, -0.1) is 0 Å². The lowest BCUT2D eigenvalue weighted by Gasteiger charge is -2.27. The Morgan fingerprint density at radius 2 is 1.85 bits per heavy atom. The summed E-state index contributed by atoms with van der Waals surface area (Å²) in [6, 6.07) is 0. The molecule has 0 saturated heterocycles. The minimum Gasteiger partial charge on any atom is -0.328 e. The van der Waals surface area contributed by atoms with Gasteiger partial charge < -0.3 is 4.48 Å². The SMILES string of the molecule is [CH2]C[N+](C)(C)CCCCS(=O)(=O)O. The summed E-state index contributed by atoms with van der Waals surface area (Å²) in [6.45, 7) is 5.46. The van der Waals surface area contributed by atoms with Crippen LogP contribution in [-0.4, -0.2) is 50.4 Å². The topological polar surface area (TPSA) is 54.4 Å². The molecule has 0 aromatic rings. The zero-order valence-corrected chi connectivity index (χ0v) is 9.18. The van der Waals surface area contributed by atoms with Crippen molar-refractivity contribution < 1.29 is 17.5 Å². The average molecular weight is 209 g/mol. The van der Waals surface area contributed by atoms with Gasteiger partial charge in [0.1, 0.15) is 0 Å². The van der Waals surface area contributed by atoms with Gasteiger partial charge in [-0.2, -0.15) is 8.42 Å². The van der Waals surface area contributed by atoms with Crippen LogP contribution in [0.25, 0.3) is 0 Å². The Morgan fingerprint density at radius 3 is 2.23 bits per heavy atom. The zero-order valence-electron chi connectivity index (χ0n) is 8.36. The Kier molecular flexibility index (Phi) is 4.88. The molecule has 0 aliphatic rings. The van der Waals surface area contributed by atoms with E-state index in [1.165, 1.54) is 0 Å². The number of quaternary nitrogens is 1. The summed E-state index contributed by atoms with van der Waals surface area (Å²) in [7, 11) is 0.313. The van der Waals surface area contributed by atoms with Crippen LogP contribution in [0.3, 0.4) is 0 Å². The third-order valence-electron chi connectivity index (χ3n) is 2.02. The highest BCUT2D eigenvalue weighted by Gasteiger charge is 2.12. The van der Waals surface area contributed by atoms with Gasteiger partial charge in [0.25, 0.3) is 10.1 Å². The molecule has 5 heteroatoms. The van der Waals surface area contributed by atoms with Gasteiger partial charge in [-0.05, 0) is 12.8 Å². The van der Waals surface area contributed by atoms with E-state index in [-0.39, 0.29) is 5.75 Å². The monoisotopic (exact) mass is 209 g/mol. The number of hydrogen-bond acceptors (Lipinski definition) is 2. The summed E-state index contributed by atoms with van der Waals surface area (Å²) in [6.07, 6.45) is 1.31. The number of unbranched alkanes of at least 4 members (excludes halogenated alkanes) is 1. The Bertz CT molecular complexity index is 234. The van der Waals surface area contributed by atoms with Gasteiger partial charge in [0, 0.05) is 6.92 Å². The molecule has 0 aromatic carbocycles. The first kappa shape index (κ1) is 12.9. The van der Waals surface area contributed by atoms with E-state index >= 15 is 0 Å². The fourth-order valence-corrected chi connectivity index (χ4v) is 1.51. The van der Waals surface area contributed by atoms with Gasteiger partial charge in [0.15, 0.2) is 0 Å². The van der Waals surface area contributed by atoms with E-state index in [1.54, 1.807) is 0 Å². The van der Waals surface area contributed by atoms with Crippen molar-refractivity contribution in [2.75, 3.05) is 32.9 Å². The average Bonchev–Trinajstić information content (AvgIpc) is 1.97. The first-order chi connectivity index (χ1) is 5.77. The lowest BCUT2D eigenvalue weighted by atomic mass is 10.3. The van der Waals surface area contributed by atoms with Crippen LogP contribution in [0, 0.1) is 6.92 Å². The summed E-state index contributed by atoms with van der Waals surface area (Å²) in [5.41, 5.74) is 0. The second kappa shape index (κ2) is 4.93. The molecule has 1 N–H and O–H groups in total. The maximum absolute atomic E-state index is 10.4. The lowest BCUT2D eigenvalue weighted by Crippen LogP contribution is -2.40. The molecule has 1 radical (unpaired) electrons. The van der Waals surface area contributed by atoms with Crippen molar-refractivity contribution in [2.24, 2.45) is 0 Å². The molecule has 0 fully saturated rings. The van der Waals surface area contributed by atoms with Gasteiger partial charge in [-0.25, -0.2) is 0 Å². The molecule has 0 aliphatic heterocycles. The minimum absolute atomic E-state index is 0.135. The Hall–Kier alpha value is -0.130. The van der Waals surface area contributed by atoms with Crippen LogP contribution >= 0.6 is 0 Å². The maximum Gasteiger partial charge on any atom is 0.264 e. The minimum atomic E-state index is -3.77. The van der Waals surface area contributed by atoms with E-state index in [9.17, 15) is 8.42 Å². The van der Waals surface area contributed by atoms with Crippen molar-refractivity contribution in [3.8, 4) is 0 Å². The van der Waals surface area contributed by atoms with E-state index in [0.29, 0.717) is 6.42 Å². The predicted molar refractivity (Wildman–Crippen MR) is 52.8 cm³/mol. The van der Waals surface area contributed by atoms with Crippen LogP contribution in [0.4, 0.5) is 0 Å². The second-order valence-electron chi connectivity index (χ2n) is 3.88. The van der Waals surface area contributed by atoms with Crippen molar-refractivity contribution in [3.05, 3.63) is 6.92 Å². The third-order valence-corrected chi connectivity index (χ3v) is 2.83. The summed E-state index contributed by atoms with van der Waals surface area (Å²) >= 11 is 0. The van der Waals surface area contributed by atoms with Gasteiger partial charge >= 0.3 is 0 Å². The van der Waals surface area contributed by atoms with Crippen LogP contribution in [0.5, 0.6) is 0 Å². The van der Waals surface area contributed by atoms with E-state index in [1.807, 2.05) is 14.1 Å². The van der Waals surface area contributed by atoms with Crippen molar-refractivity contribution >= 4 is 10.1 Å². The molecule has 4 nitrogen and oxygen atoms in total. The molecule has 0 aliphatic carbocycles. The molecule has 79 valence electrons. The molecular weight excluding hydrogens is 190 g/mol. The standard InChI is InChI=1S/C8H18NO3S/c1-4-9(2,3)7-5-6-8-13(10,11)12/h1,4-8H2,2-3H3/p+1. The molecule has 0 spiro atoms. The molecule has 13 heavy (non-hydrogen) atoms. The van der Waals surface area contributed by atoms with Gasteiger partial charge in [0.2, 0.25) is 0 Å². The van der Waals surface area contributed by atoms with Crippen LogP contribution in [0.1, 0.15) is 12.8 Å². The maximum atomic E-state index is 10.4. The zero-order chi connectivity index (χ0) is 10.5. The normalized spacial score (nSPS) is 13.2. The molecule has 0 heterocycles. The van der Waals surface area contributed by atoms with Gasteiger partial charge in [-0.1, -0.05) is 0 Å². The molecule has 0 amide bonds. The van der Waals surface area contributed by atoms with Gasteiger partial charge in [-0.3, -0.25) is 4.55 Å². The highest BCUT2D eigenvalue weighted by Crippen LogP contribution is 2.01. The summed E-state index contributed by atoms with van der Waals surface area (Å²) < 4.78 is 30.0. The Labute approximate surface area is 80.9 Å². The summed E-state index contributed by atoms with van der Waals surface area (Å²) in [5, 5.41) is 0. The van der Waals surface area contributed by atoms with E-state index in [2.05, 4.69) is 6.92 Å². The first-order valence-electron chi connectivity index (χ1n) is 4.33. The summed E-state index contributed by atoms with van der Waals surface area (Å²) in [4.78, 5) is 0. The fraction of sp³-hybridized carbons (Fsp3) is 0.875. The van der Waals surface area contributed by atoms with E-state index in [4.69, 9.17) is 4.55 Å². The van der Waals surface area contributed by atoms with E-state index in [0.717, 1.165) is 24.0 Å². The largest absolute Gasteiger partial charge is 0.328 e. The number of hydrogen-bond donors (Lipinski definition) is 1. The molecule has 0 aromatic heterocycles. The number of nitrogens with zero attached hydrogens (tertiary/aromatic N) is 1. The first-order valence-corrected chi connectivity index (χ1v) is 5.94. The molecule has 0 saturated carbocycles. The van der Waals surface area contributed by atoms with Crippen LogP contribution in [0.15, 0.2) is 0 Å². The third kappa shape index (κ3) is 8.21. The van der Waals surface area contributed by atoms with Crippen LogP contribution in [-0.2, 0) is 10.1 Å². The van der Waals surface area contributed by atoms with Crippen molar-refractivity contribution in [2.45, 2.75) is 12.8 Å². The second-order valence-corrected chi connectivity index (χ2v) is 5.45. The molecule has 0 bridgehead atoms. The van der Waals surface area contributed by atoms with Crippen molar-refractivity contribution in [3.63, 3.8) is 0 Å². The highest BCUT2D eigenvalue weighted by molar-refractivity contribution is 7.85. The van der Waals surface area contributed by atoms with E-state index < -0.39 is 10.1 Å². The van der Waals surface area contributed by atoms with Crippen LogP contribution < -0.4 is 0 Å². The molecule has 0 rings (SSSR count). The smallest absolute Gasteiger partial charge is 0.264 e. The molecule has 0 atom stereocenters. The highest BCUT2D eigenvalue weighted by atomic mass is 32.2. The number of rotatable bonds is 6. The van der Waals surface area contributed by atoms with Crippen molar-refractivity contribution in [1.29, 1.82) is 0 Å². The Morgan fingerprint density at radius 1 is 1.31 bits per heavy atom. The quantitative estimate of drug-likeness (QED) is 0.395. The molecule has 0 unspecified atom stereocenters. The van der Waals surface area contributed by atoms with Crippen molar-refractivity contribution in [1.82, 2.24) is 0 Å².